The molecule has 2 heterocycles. The summed E-state index contributed by atoms with van der Waals surface area (Å²) in [4.78, 5) is 9.40. The molecular weight excluding hydrogens is 376 g/mol. The van der Waals surface area contributed by atoms with E-state index in [9.17, 15) is 5.11 Å². The average molecular weight is 407 g/mol. The smallest absolute Gasteiger partial charge is 0.244 e. The molecule has 6 heteroatoms. The van der Waals surface area contributed by atoms with Crippen molar-refractivity contribution >= 4 is 0 Å². The highest BCUT2D eigenvalue weighted by atomic mass is 16.5. The Morgan fingerprint density at radius 3 is 2.37 bits per heavy atom. The molecule has 1 fully saturated rings. The standard InChI is InChI=1S/C24H30N4O2/c1-16-5-7-20(8-6-16)23-25-24(30-26-23)19(4)28-11-9-27(10-12-28)15-21-13-17(2)18(3)14-22(21)29/h5-8,13-14,19,29H,9-12,15H2,1-4H3. The van der Waals surface area contributed by atoms with E-state index in [2.05, 4.69) is 58.9 Å². The maximum absolute atomic E-state index is 10.3. The predicted molar refractivity (Wildman–Crippen MR) is 117 cm³/mol. The normalized spacial score (nSPS) is 16.7. The first-order valence-electron chi connectivity index (χ1n) is 10.6. The molecule has 1 aliphatic rings. The lowest BCUT2D eigenvalue weighted by Gasteiger charge is -2.36. The van der Waals surface area contributed by atoms with Gasteiger partial charge >= 0.3 is 0 Å². The van der Waals surface area contributed by atoms with Crippen molar-refractivity contribution < 1.29 is 9.63 Å². The van der Waals surface area contributed by atoms with Crippen LogP contribution in [0.2, 0.25) is 0 Å². The van der Waals surface area contributed by atoms with Gasteiger partial charge < -0.3 is 9.63 Å². The van der Waals surface area contributed by atoms with E-state index in [1.165, 1.54) is 11.1 Å². The molecule has 30 heavy (non-hydrogen) atoms. The number of nitrogens with zero attached hydrogens (tertiary/aromatic N) is 4. The Labute approximate surface area is 178 Å². The zero-order chi connectivity index (χ0) is 21.3. The van der Waals surface area contributed by atoms with E-state index in [-0.39, 0.29) is 6.04 Å². The molecule has 6 nitrogen and oxygen atoms in total. The van der Waals surface area contributed by atoms with E-state index in [1.54, 1.807) is 0 Å². The first-order valence-corrected chi connectivity index (χ1v) is 10.6. The molecule has 1 atom stereocenters. The number of aromatic nitrogens is 2. The average Bonchev–Trinajstić information content (AvgIpc) is 3.23. The van der Waals surface area contributed by atoms with Crippen LogP contribution in [0.25, 0.3) is 11.4 Å². The molecule has 1 unspecified atom stereocenters. The van der Waals surface area contributed by atoms with Crippen LogP contribution < -0.4 is 0 Å². The highest BCUT2D eigenvalue weighted by Gasteiger charge is 2.26. The van der Waals surface area contributed by atoms with Crippen LogP contribution in [0.1, 0.15) is 41.1 Å². The monoisotopic (exact) mass is 406 g/mol. The lowest BCUT2D eigenvalue weighted by atomic mass is 10.0. The highest BCUT2D eigenvalue weighted by molar-refractivity contribution is 5.54. The summed E-state index contributed by atoms with van der Waals surface area (Å²) >= 11 is 0. The number of hydrogen-bond acceptors (Lipinski definition) is 6. The zero-order valence-electron chi connectivity index (χ0n) is 18.2. The maximum atomic E-state index is 10.3. The Bertz CT molecular complexity index is 1000. The maximum Gasteiger partial charge on any atom is 0.244 e. The fourth-order valence-corrected chi connectivity index (χ4v) is 3.92. The van der Waals surface area contributed by atoms with Gasteiger partial charge in [0.25, 0.3) is 0 Å². The minimum atomic E-state index is 0.0777. The number of aromatic hydroxyl groups is 1. The van der Waals surface area contributed by atoms with Crippen molar-refractivity contribution in [2.45, 2.75) is 40.3 Å². The molecule has 158 valence electrons. The van der Waals surface area contributed by atoms with Crippen LogP contribution in [0.5, 0.6) is 5.75 Å². The number of benzene rings is 2. The van der Waals surface area contributed by atoms with Crippen molar-refractivity contribution in [2.24, 2.45) is 0 Å². The fraction of sp³-hybridized carbons (Fsp3) is 0.417. The van der Waals surface area contributed by atoms with E-state index in [4.69, 9.17) is 4.52 Å². The third-order valence-corrected chi connectivity index (χ3v) is 6.15. The molecule has 1 saturated heterocycles. The lowest BCUT2D eigenvalue weighted by molar-refractivity contribution is 0.0841. The summed E-state index contributed by atoms with van der Waals surface area (Å²) in [7, 11) is 0. The summed E-state index contributed by atoms with van der Waals surface area (Å²) in [5, 5.41) is 14.5. The zero-order valence-corrected chi connectivity index (χ0v) is 18.2. The largest absolute Gasteiger partial charge is 0.508 e. The van der Waals surface area contributed by atoms with Gasteiger partial charge in [-0.15, -0.1) is 0 Å². The number of hydrogen-bond donors (Lipinski definition) is 1. The van der Waals surface area contributed by atoms with E-state index in [1.807, 2.05) is 25.1 Å². The van der Waals surface area contributed by atoms with Crippen LogP contribution in [-0.4, -0.2) is 51.2 Å². The second-order valence-electron chi connectivity index (χ2n) is 8.38. The molecular formula is C24H30N4O2. The van der Waals surface area contributed by atoms with Crippen LogP contribution in [-0.2, 0) is 6.54 Å². The second-order valence-corrected chi connectivity index (χ2v) is 8.38. The molecule has 0 amide bonds. The second kappa shape index (κ2) is 8.58. The SMILES string of the molecule is Cc1ccc(-c2noc(C(C)N3CCN(Cc4cc(C)c(C)cc4O)CC3)n2)cc1. The molecule has 1 aliphatic heterocycles. The van der Waals surface area contributed by atoms with Crippen molar-refractivity contribution in [3.63, 3.8) is 0 Å². The Morgan fingerprint density at radius 2 is 1.67 bits per heavy atom. The molecule has 1 aromatic heterocycles. The van der Waals surface area contributed by atoms with Crippen LogP contribution >= 0.6 is 0 Å². The van der Waals surface area contributed by atoms with Crippen LogP contribution in [0, 0.1) is 20.8 Å². The van der Waals surface area contributed by atoms with Crippen molar-refractivity contribution in [3.05, 3.63) is 64.5 Å². The molecule has 0 saturated carbocycles. The summed E-state index contributed by atoms with van der Waals surface area (Å²) in [6.45, 7) is 12.8. The van der Waals surface area contributed by atoms with Crippen molar-refractivity contribution in [1.29, 1.82) is 0 Å². The van der Waals surface area contributed by atoms with Crippen molar-refractivity contribution in [3.8, 4) is 17.1 Å². The van der Waals surface area contributed by atoms with Gasteiger partial charge in [0.05, 0.1) is 6.04 Å². The van der Waals surface area contributed by atoms with Crippen molar-refractivity contribution in [2.75, 3.05) is 26.2 Å². The third kappa shape index (κ3) is 4.40. The third-order valence-electron chi connectivity index (χ3n) is 6.15. The molecule has 4 rings (SSSR count). The van der Waals surface area contributed by atoms with Gasteiger partial charge in [0, 0.05) is 43.9 Å². The van der Waals surface area contributed by atoms with Gasteiger partial charge in [0.15, 0.2) is 0 Å². The number of aryl methyl sites for hydroxylation is 3. The summed E-state index contributed by atoms with van der Waals surface area (Å²) < 4.78 is 5.58. The lowest BCUT2D eigenvalue weighted by Crippen LogP contribution is -2.46. The molecule has 0 bridgehead atoms. The van der Waals surface area contributed by atoms with Crippen LogP contribution in [0.4, 0.5) is 0 Å². The highest BCUT2D eigenvalue weighted by Crippen LogP contribution is 2.26. The van der Waals surface area contributed by atoms with Crippen LogP contribution in [0.3, 0.4) is 0 Å². The minimum absolute atomic E-state index is 0.0777. The summed E-state index contributed by atoms with van der Waals surface area (Å²) in [6, 6.07) is 12.2. The predicted octanol–water partition coefficient (Wildman–Crippen LogP) is 4.25. The molecule has 2 aromatic carbocycles. The Kier molecular flexibility index (Phi) is 5.88. The quantitative estimate of drug-likeness (QED) is 0.683. The van der Waals surface area contributed by atoms with Gasteiger partial charge in [-0.2, -0.15) is 4.98 Å². The Morgan fingerprint density at radius 1 is 1.00 bits per heavy atom. The molecule has 0 spiro atoms. The molecule has 1 N–H and O–H groups in total. The van der Waals surface area contributed by atoms with Gasteiger partial charge in [0.2, 0.25) is 11.7 Å². The minimum Gasteiger partial charge on any atom is -0.508 e. The first-order chi connectivity index (χ1) is 14.4. The van der Waals surface area contributed by atoms with Gasteiger partial charge in [-0.3, -0.25) is 9.80 Å². The van der Waals surface area contributed by atoms with Gasteiger partial charge in [-0.25, -0.2) is 0 Å². The van der Waals surface area contributed by atoms with E-state index >= 15 is 0 Å². The summed E-state index contributed by atoms with van der Waals surface area (Å²) in [5.41, 5.74) is 5.53. The van der Waals surface area contributed by atoms with E-state index in [0.717, 1.165) is 49.4 Å². The molecule has 3 aromatic rings. The van der Waals surface area contributed by atoms with E-state index in [0.29, 0.717) is 17.5 Å². The van der Waals surface area contributed by atoms with Gasteiger partial charge in [-0.1, -0.05) is 41.1 Å². The number of phenols is 1. The Hall–Kier alpha value is -2.70. The summed E-state index contributed by atoms with van der Waals surface area (Å²) in [5.74, 6) is 1.69. The Balaban J connectivity index is 1.36. The van der Waals surface area contributed by atoms with Crippen molar-refractivity contribution in [1.82, 2.24) is 19.9 Å². The van der Waals surface area contributed by atoms with Gasteiger partial charge in [-0.05, 0) is 44.9 Å². The topological polar surface area (TPSA) is 65.6 Å². The first kappa shape index (κ1) is 20.6. The fourth-order valence-electron chi connectivity index (χ4n) is 3.92. The molecule has 0 aliphatic carbocycles. The van der Waals surface area contributed by atoms with E-state index < -0.39 is 0 Å². The summed E-state index contributed by atoms with van der Waals surface area (Å²) in [6.07, 6.45) is 0. The number of rotatable bonds is 5. The van der Waals surface area contributed by atoms with Crippen LogP contribution in [0.15, 0.2) is 40.9 Å². The number of piperazine rings is 1. The number of phenolic OH excluding ortho intramolecular Hbond substituents is 1. The molecule has 0 radical (unpaired) electrons. The van der Waals surface area contributed by atoms with Gasteiger partial charge in [0.1, 0.15) is 5.75 Å².